The third-order valence-electron chi connectivity index (χ3n) is 6.43. The van der Waals surface area contributed by atoms with Crippen molar-refractivity contribution in [3.05, 3.63) is 30.3 Å². The number of ether oxygens (including phenoxy) is 2. The Kier molecular flexibility index (Phi) is 12.2. The monoisotopic (exact) mass is 550 g/mol. The zero-order valence-corrected chi connectivity index (χ0v) is 22.5. The van der Waals surface area contributed by atoms with E-state index in [9.17, 15) is 24.3 Å². The van der Waals surface area contributed by atoms with E-state index in [4.69, 9.17) is 9.47 Å². The standard InChI is InChI=1S/C26H38N4O7S/c1-30(22(32)12-5-10-20-25-19(17-38-20)28-26(35)29-25)16-24(34)37-15-7-13-23(33)36-14-6-11-21(31)27-18-8-3-2-4-9-18/h2-4,8-9,19-20,22,25,32H,5-7,10-17H2,1H3,(H,27,31)(H2,28,29,35). The fourth-order valence-corrected chi connectivity index (χ4v) is 5.90. The van der Waals surface area contributed by atoms with Crippen LogP contribution in [0.5, 0.6) is 0 Å². The van der Waals surface area contributed by atoms with Crippen LogP contribution >= 0.6 is 11.8 Å². The van der Waals surface area contributed by atoms with Crippen LogP contribution in [0.3, 0.4) is 0 Å². The molecule has 2 aliphatic rings. The first-order valence-electron chi connectivity index (χ1n) is 13.0. The molecule has 0 aromatic heterocycles. The Bertz CT molecular complexity index is 935. The average Bonchev–Trinajstić information content (AvgIpc) is 3.44. The number of nitrogens with one attached hydrogen (secondary N) is 3. The molecule has 3 rings (SSSR count). The zero-order valence-electron chi connectivity index (χ0n) is 21.7. The number of aliphatic hydroxyl groups excluding tert-OH is 1. The topological polar surface area (TPSA) is 146 Å². The Morgan fingerprint density at radius 3 is 2.55 bits per heavy atom. The third kappa shape index (κ3) is 10.1. The van der Waals surface area contributed by atoms with Gasteiger partial charge in [0.2, 0.25) is 5.91 Å². The molecular formula is C26H38N4O7S. The van der Waals surface area contributed by atoms with Crippen LogP contribution in [-0.4, -0.2) is 90.0 Å². The number of urea groups is 1. The predicted octanol–water partition coefficient (Wildman–Crippen LogP) is 1.86. The molecule has 2 saturated heterocycles. The van der Waals surface area contributed by atoms with E-state index in [0.29, 0.717) is 24.5 Å². The quantitative estimate of drug-likeness (QED) is 0.105. The number of hydrogen-bond donors (Lipinski definition) is 4. The van der Waals surface area contributed by atoms with Crippen molar-refractivity contribution < 1.29 is 33.8 Å². The van der Waals surface area contributed by atoms with Crippen LogP contribution in [0.25, 0.3) is 0 Å². The Morgan fingerprint density at radius 1 is 1.08 bits per heavy atom. The fourth-order valence-electron chi connectivity index (χ4n) is 4.36. The largest absolute Gasteiger partial charge is 0.466 e. The number of rotatable bonds is 16. The van der Waals surface area contributed by atoms with E-state index in [1.807, 2.05) is 30.0 Å². The van der Waals surface area contributed by atoms with Gasteiger partial charge in [0.15, 0.2) is 0 Å². The maximum Gasteiger partial charge on any atom is 0.320 e. The number of fused-ring (bicyclic) bond motifs is 1. The molecule has 0 radical (unpaired) electrons. The van der Waals surface area contributed by atoms with Crippen molar-refractivity contribution in [2.45, 2.75) is 68.5 Å². The molecule has 4 atom stereocenters. The van der Waals surface area contributed by atoms with Crippen molar-refractivity contribution in [3.8, 4) is 0 Å². The lowest BCUT2D eigenvalue weighted by Crippen LogP contribution is -2.38. The van der Waals surface area contributed by atoms with E-state index < -0.39 is 18.2 Å². The second kappa shape index (κ2) is 15.6. The van der Waals surface area contributed by atoms with Gasteiger partial charge in [0.05, 0.1) is 31.8 Å². The first-order valence-corrected chi connectivity index (χ1v) is 14.1. The van der Waals surface area contributed by atoms with Gasteiger partial charge in [0.25, 0.3) is 0 Å². The molecule has 3 amide bonds. The molecule has 2 heterocycles. The van der Waals surface area contributed by atoms with Crippen molar-refractivity contribution >= 4 is 41.3 Å². The number of anilines is 1. The summed E-state index contributed by atoms with van der Waals surface area (Å²) in [4.78, 5) is 48.8. The average molecular weight is 551 g/mol. The molecule has 2 aliphatic heterocycles. The van der Waals surface area contributed by atoms with Crippen LogP contribution in [-0.2, 0) is 23.9 Å². The van der Waals surface area contributed by atoms with Gasteiger partial charge in [0.1, 0.15) is 6.23 Å². The summed E-state index contributed by atoms with van der Waals surface area (Å²) in [6.07, 6.45) is 2.50. The van der Waals surface area contributed by atoms with Crippen molar-refractivity contribution in [1.82, 2.24) is 15.5 Å². The maximum absolute atomic E-state index is 12.1. The minimum absolute atomic E-state index is 0.0560. The Balaban J connectivity index is 1.16. The van der Waals surface area contributed by atoms with E-state index >= 15 is 0 Å². The van der Waals surface area contributed by atoms with Gasteiger partial charge in [-0.3, -0.25) is 19.3 Å². The van der Waals surface area contributed by atoms with Gasteiger partial charge in [-0.1, -0.05) is 18.2 Å². The molecule has 210 valence electrons. The number of benzene rings is 1. The Labute approximate surface area is 227 Å². The Morgan fingerprint density at radius 2 is 1.79 bits per heavy atom. The van der Waals surface area contributed by atoms with Crippen LogP contribution in [0.2, 0.25) is 0 Å². The lowest BCUT2D eigenvalue weighted by atomic mass is 10.0. The molecule has 4 N–H and O–H groups in total. The second-order valence-electron chi connectivity index (χ2n) is 9.51. The molecule has 38 heavy (non-hydrogen) atoms. The van der Waals surface area contributed by atoms with Gasteiger partial charge >= 0.3 is 18.0 Å². The summed E-state index contributed by atoms with van der Waals surface area (Å²) in [5.41, 5.74) is 0.723. The van der Waals surface area contributed by atoms with Crippen LogP contribution in [0.4, 0.5) is 10.5 Å². The molecule has 4 unspecified atom stereocenters. The van der Waals surface area contributed by atoms with Crippen LogP contribution in [0.15, 0.2) is 30.3 Å². The third-order valence-corrected chi connectivity index (χ3v) is 7.94. The van der Waals surface area contributed by atoms with Gasteiger partial charge in [-0.25, -0.2) is 4.79 Å². The minimum Gasteiger partial charge on any atom is -0.466 e. The summed E-state index contributed by atoms with van der Waals surface area (Å²) in [5.74, 6) is -0.125. The van der Waals surface area contributed by atoms with Gasteiger partial charge < -0.3 is 30.5 Å². The molecule has 12 heteroatoms. The summed E-state index contributed by atoms with van der Waals surface area (Å²) < 4.78 is 10.3. The Hall–Kier alpha value is -2.83. The number of nitrogens with zero attached hydrogens (tertiary/aromatic N) is 1. The lowest BCUT2D eigenvalue weighted by molar-refractivity contribution is -0.149. The van der Waals surface area contributed by atoms with Crippen molar-refractivity contribution in [1.29, 1.82) is 0 Å². The number of carbonyl (C=O) groups is 4. The van der Waals surface area contributed by atoms with Gasteiger partial charge in [-0.05, 0) is 51.3 Å². The summed E-state index contributed by atoms with van der Waals surface area (Å²) in [6.45, 7) is 0.174. The summed E-state index contributed by atoms with van der Waals surface area (Å²) >= 11 is 1.83. The molecule has 1 aromatic rings. The number of esters is 2. The van der Waals surface area contributed by atoms with Crippen LogP contribution < -0.4 is 16.0 Å². The van der Waals surface area contributed by atoms with Gasteiger partial charge in [-0.2, -0.15) is 11.8 Å². The van der Waals surface area contributed by atoms with E-state index in [1.165, 1.54) is 4.90 Å². The zero-order chi connectivity index (χ0) is 27.3. The highest BCUT2D eigenvalue weighted by Gasteiger charge is 2.42. The first kappa shape index (κ1) is 29.7. The highest BCUT2D eigenvalue weighted by Crippen LogP contribution is 2.33. The lowest BCUT2D eigenvalue weighted by Gasteiger charge is -2.23. The second-order valence-corrected chi connectivity index (χ2v) is 10.8. The number of carbonyl (C=O) groups excluding carboxylic acids is 4. The SMILES string of the molecule is CN(CC(=O)OCCCC(=O)OCCCC(=O)Nc1ccccc1)C(O)CCCC1SCC2NC(=O)NC21. The number of hydrogen-bond acceptors (Lipinski definition) is 9. The summed E-state index contributed by atoms with van der Waals surface area (Å²) in [5, 5.41) is 19.3. The van der Waals surface area contributed by atoms with Crippen molar-refractivity contribution in [2.24, 2.45) is 0 Å². The smallest absolute Gasteiger partial charge is 0.320 e. The molecule has 2 fully saturated rings. The number of thioether (sulfide) groups is 1. The summed E-state index contributed by atoms with van der Waals surface area (Å²) in [6, 6.07) is 9.34. The maximum atomic E-state index is 12.1. The summed E-state index contributed by atoms with van der Waals surface area (Å²) in [7, 11) is 1.66. The van der Waals surface area contributed by atoms with E-state index in [0.717, 1.165) is 24.3 Å². The van der Waals surface area contributed by atoms with Gasteiger partial charge in [0, 0.05) is 29.5 Å². The van der Waals surface area contributed by atoms with E-state index in [1.54, 1.807) is 19.2 Å². The first-order chi connectivity index (χ1) is 18.3. The highest BCUT2D eigenvalue weighted by molar-refractivity contribution is 8.00. The minimum atomic E-state index is -0.772. The molecule has 1 aromatic carbocycles. The highest BCUT2D eigenvalue weighted by atomic mass is 32.2. The number of amides is 3. The number of para-hydroxylation sites is 1. The van der Waals surface area contributed by atoms with Gasteiger partial charge in [-0.15, -0.1) is 0 Å². The molecule has 0 aliphatic carbocycles. The van der Waals surface area contributed by atoms with E-state index in [-0.39, 0.29) is 56.6 Å². The number of aliphatic hydroxyl groups is 1. The van der Waals surface area contributed by atoms with Crippen LogP contribution in [0, 0.1) is 0 Å². The molecular weight excluding hydrogens is 512 g/mol. The van der Waals surface area contributed by atoms with E-state index in [2.05, 4.69) is 16.0 Å². The van der Waals surface area contributed by atoms with Crippen molar-refractivity contribution in [2.75, 3.05) is 37.9 Å². The molecule has 0 bridgehead atoms. The van der Waals surface area contributed by atoms with Crippen molar-refractivity contribution in [3.63, 3.8) is 0 Å². The fraction of sp³-hybridized carbons (Fsp3) is 0.615. The molecule has 11 nitrogen and oxygen atoms in total. The number of likely N-dealkylation sites (N-methyl/N-ethyl adjacent to an activating group) is 1. The molecule has 0 spiro atoms. The van der Waals surface area contributed by atoms with Crippen LogP contribution in [0.1, 0.15) is 44.9 Å². The predicted molar refractivity (Wildman–Crippen MR) is 143 cm³/mol. The molecule has 0 saturated carbocycles. The normalized spacial score (nSPS) is 20.8.